The summed E-state index contributed by atoms with van der Waals surface area (Å²) >= 11 is 0. The molecule has 0 unspecified atom stereocenters. The van der Waals surface area contributed by atoms with E-state index in [0.717, 1.165) is 67.2 Å². The zero-order valence-corrected chi connectivity index (χ0v) is 35.4. The van der Waals surface area contributed by atoms with Crippen molar-refractivity contribution in [1.82, 2.24) is 43.5 Å². The molecule has 11 heteroatoms. The smallest absolute Gasteiger partial charge is 0.155 e. The zero-order valence-electron chi connectivity index (χ0n) is 35.4. The molecule has 0 atom stereocenters. The fourth-order valence-electron chi connectivity index (χ4n) is 6.78. The largest absolute Gasteiger partial charge is 0.369 e. The summed E-state index contributed by atoms with van der Waals surface area (Å²) in [5.41, 5.74) is 11.6. The summed E-state index contributed by atoms with van der Waals surface area (Å²) in [5.74, 6) is 14.3. The average molecular weight is 810 g/mol. The molecular weight excluding hydrogens is 767 g/mol. The van der Waals surface area contributed by atoms with Crippen molar-refractivity contribution in [3.8, 4) is 46.2 Å². The van der Waals surface area contributed by atoms with Crippen molar-refractivity contribution >= 4 is 46.5 Å². The van der Waals surface area contributed by atoms with Gasteiger partial charge < -0.3 is 9.80 Å². The summed E-state index contributed by atoms with van der Waals surface area (Å²) in [5, 5.41) is 1.06. The van der Waals surface area contributed by atoms with Gasteiger partial charge in [0.2, 0.25) is 0 Å². The van der Waals surface area contributed by atoms with Crippen LogP contribution in [0.15, 0.2) is 150 Å². The van der Waals surface area contributed by atoms with Crippen molar-refractivity contribution in [2.45, 2.75) is 13.8 Å². The van der Waals surface area contributed by atoms with Crippen LogP contribution in [0.5, 0.6) is 0 Å². The summed E-state index contributed by atoms with van der Waals surface area (Å²) in [4.78, 5) is 35.9. The van der Waals surface area contributed by atoms with E-state index in [4.69, 9.17) is 15.0 Å². The lowest BCUT2D eigenvalue weighted by Crippen LogP contribution is -2.07. The van der Waals surface area contributed by atoms with E-state index < -0.39 is 0 Å². The van der Waals surface area contributed by atoms with E-state index in [0.29, 0.717) is 23.0 Å². The molecule has 0 radical (unpaired) electrons. The second kappa shape index (κ2) is 18.2. The maximum Gasteiger partial charge on any atom is 0.155 e. The van der Waals surface area contributed by atoms with E-state index in [9.17, 15) is 0 Å². The van der Waals surface area contributed by atoms with Crippen LogP contribution in [-0.4, -0.2) is 84.4 Å². The molecule has 2 aromatic carbocycles. The molecule has 302 valence electrons. The Morgan fingerprint density at radius 3 is 1.60 bits per heavy atom. The number of hydrogen-bond donors (Lipinski definition) is 0. The van der Waals surface area contributed by atoms with Crippen LogP contribution in [0, 0.1) is 37.5 Å². The van der Waals surface area contributed by atoms with Gasteiger partial charge in [-0.2, -0.15) is 0 Å². The van der Waals surface area contributed by atoms with Gasteiger partial charge in [0.05, 0.1) is 41.0 Å². The van der Waals surface area contributed by atoms with Crippen molar-refractivity contribution in [3.05, 3.63) is 174 Å². The Labute approximate surface area is 360 Å². The highest BCUT2D eigenvalue weighted by Crippen LogP contribution is 2.30. The molecule has 11 nitrogen and oxygen atoms in total. The highest BCUT2D eigenvalue weighted by molar-refractivity contribution is 5.80. The quantitative estimate of drug-likeness (QED) is 0.0938. The van der Waals surface area contributed by atoms with Crippen LogP contribution in [-0.2, 0) is 0 Å². The van der Waals surface area contributed by atoms with Crippen LogP contribution in [0.4, 0.5) is 11.6 Å². The van der Waals surface area contributed by atoms with E-state index in [2.05, 4.69) is 52.4 Å². The van der Waals surface area contributed by atoms with Gasteiger partial charge in [-0.3, -0.25) is 13.8 Å². The van der Waals surface area contributed by atoms with Crippen LogP contribution in [0.2, 0.25) is 0 Å². The Kier molecular flexibility index (Phi) is 11.9. The molecule has 0 aliphatic heterocycles. The van der Waals surface area contributed by atoms with Gasteiger partial charge in [-0.05, 0) is 111 Å². The molecule has 9 aromatic rings. The van der Waals surface area contributed by atoms with Gasteiger partial charge in [-0.15, -0.1) is 0 Å². The Balaban J connectivity index is 0.000000172. The summed E-state index contributed by atoms with van der Waals surface area (Å²) in [6, 6.07) is 39.7. The molecule has 0 aliphatic rings. The fourth-order valence-corrected chi connectivity index (χ4v) is 6.78. The Morgan fingerprint density at radius 1 is 0.516 bits per heavy atom. The second-order valence-corrected chi connectivity index (χ2v) is 14.8. The Hall–Kier alpha value is -8.41. The van der Waals surface area contributed by atoms with Crippen LogP contribution in [0.3, 0.4) is 0 Å². The second-order valence-electron chi connectivity index (χ2n) is 14.8. The molecule has 62 heavy (non-hydrogen) atoms. The number of pyridine rings is 5. The third kappa shape index (κ3) is 9.23. The van der Waals surface area contributed by atoms with Gasteiger partial charge in [-0.1, -0.05) is 48.2 Å². The highest BCUT2D eigenvalue weighted by Gasteiger charge is 2.17. The molecule has 0 fully saturated rings. The molecular formula is C51H43N11. The highest BCUT2D eigenvalue weighted by atomic mass is 15.1. The minimum absolute atomic E-state index is 0.603. The first-order valence-electron chi connectivity index (χ1n) is 20.0. The van der Waals surface area contributed by atoms with Crippen LogP contribution < -0.4 is 0 Å². The first-order chi connectivity index (χ1) is 30.2. The van der Waals surface area contributed by atoms with E-state index in [1.54, 1.807) is 18.9 Å². The van der Waals surface area contributed by atoms with Crippen LogP contribution >= 0.6 is 0 Å². The van der Waals surface area contributed by atoms with E-state index in [1.165, 1.54) is 0 Å². The molecule has 0 N–H and O–H groups in total. The predicted octanol–water partition coefficient (Wildman–Crippen LogP) is 9.20. The maximum atomic E-state index is 4.77. The van der Waals surface area contributed by atoms with Crippen molar-refractivity contribution in [2.75, 3.05) is 28.2 Å². The third-order valence-corrected chi connectivity index (χ3v) is 9.55. The number of aliphatic imine (C=N–C) groups is 2. The third-order valence-electron chi connectivity index (χ3n) is 9.55. The lowest BCUT2D eigenvalue weighted by atomic mass is 10.1. The number of aromatic nitrogens is 7. The monoisotopic (exact) mass is 809 g/mol. The van der Waals surface area contributed by atoms with Gasteiger partial charge >= 0.3 is 0 Å². The number of rotatable bonds is 6. The number of nitrogens with zero attached hydrogens (tertiary/aromatic N) is 11. The zero-order chi connectivity index (χ0) is 43.0. The summed E-state index contributed by atoms with van der Waals surface area (Å²) in [6.45, 7) is 4.02. The molecule has 0 saturated carbocycles. The molecule has 0 bridgehead atoms. The molecule has 0 saturated heterocycles. The molecule has 9 rings (SSSR count). The summed E-state index contributed by atoms with van der Waals surface area (Å²) in [6.07, 6.45) is 9.28. The van der Waals surface area contributed by atoms with Gasteiger partial charge in [0, 0.05) is 74.4 Å². The lowest BCUT2D eigenvalue weighted by Gasteiger charge is -2.07. The average Bonchev–Trinajstić information content (AvgIpc) is 3.81. The van der Waals surface area contributed by atoms with E-state index in [-0.39, 0.29) is 0 Å². The minimum atomic E-state index is 0.603. The molecule has 0 aliphatic carbocycles. The Bertz CT molecular complexity index is 3240. The Morgan fingerprint density at radius 2 is 1.05 bits per heavy atom. The van der Waals surface area contributed by atoms with Gasteiger partial charge in [0.15, 0.2) is 11.6 Å². The summed E-state index contributed by atoms with van der Waals surface area (Å²) in [7, 11) is 7.70. The number of benzene rings is 2. The van der Waals surface area contributed by atoms with Crippen molar-refractivity contribution in [2.24, 2.45) is 9.98 Å². The van der Waals surface area contributed by atoms with Gasteiger partial charge in [-0.25, -0.2) is 29.9 Å². The molecule has 0 amide bonds. The van der Waals surface area contributed by atoms with E-state index >= 15 is 0 Å². The lowest BCUT2D eigenvalue weighted by molar-refractivity contribution is 0.643. The van der Waals surface area contributed by atoms with Crippen LogP contribution in [0.1, 0.15) is 33.9 Å². The predicted molar refractivity (Wildman–Crippen MR) is 250 cm³/mol. The van der Waals surface area contributed by atoms with Crippen molar-refractivity contribution in [3.63, 3.8) is 0 Å². The summed E-state index contributed by atoms with van der Waals surface area (Å²) < 4.78 is 4.14. The number of hydrogen-bond acceptors (Lipinski definition) is 7. The molecule has 7 aromatic heterocycles. The topological polar surface area (TPSA) is 104 Å². The normalized spacial score (nSPS) is 11.0. The first kappa shape index (κ1) is 40.4. The fraction of sp³-hybridized carbons (Fsp3) is 0.118. The van der Waals surface area contributed by atoms with E-state index in [1.807, 2.05) is 186 Å². The van der Waals surface area contributed by atoms with Gasteiger partial charge in [0.1, 0.15) is 22.7 Å². The minimum Gasteiger partial charge on any atom is -0.369 e. The molecule has 0 spiro atoms. The van der Waals surface area contributed by atoms with Gasteiger partial charge in [0.25, 0.3) is 0 Å². The van der Waals surface area contributed by atoms with Crippen molar-refractivity contribution < 1.29 is 0 Å². The number of aryl methyl sites for hydroxylation is 2. The SMILES string of the molecule is Cc1nc2ccccn2c1-c1ccc(N=CN(C)C)nc1C#Cc1ccc2ncccc2c1.Cc1nc2ccccn2c1-c1ccc(N=CN(C)C)nc1C#Cc1ccccc1. The van der Waals surface area contributed by atoms with Crippen molar-refractivity contribution in [1.29, 1.82) is 0 Å². The number of imidazole rings is 2. The molecule has 7 heterocycles. The standard InChI is InChI=1S/C27H22N6.C24H21N5/c1-19-27(33-16-5-4-8-26(33)30-19)22-11-14-25(29-18-32(2)3)31-24(22)13-10-20-9-12-23-21(17-20)7-6-15-28-23;1-18-24(29-16-8-7-11-23(29)26-18)20-13-15-22(25-17-28(2)3)27-21(20)14-12-19-9-5-4-6-10-19/h4-9,11-12,14-18H,1-3H3;4-11,13,15-17H,1-3H3. The maximum absolute atomic E-state index is 4.77. The van der Waals surface area contributed by atoms with Crippen LogP contribution in [0.25, 0.3) is 44.7 Å². The first-order valence-corrected chi connectivity index (χ1v) is 20.0. The number of fused-ring (bicyclic) bond motifs is 3.